The van der Waals surface area contributed by atoms with E-state index in [1.807, 2.05) is 0 Å². The fourth-order valence-electron chi connectivity index (χ4n) is 3.15. The number of halogens is 3. The Bertz CT molecular complexity index is 667. The summed E-state index contributed by atoms with van der Waals surface area (Å²) in [7, 11) is 0. The minimum atomic E-state index is -0.637. The Hall–Kier alpha value is -1.15. The van der Waals surface area contributed by atoms with E-state index in [4.69, 9.17) is 11.5 Å². The van der Waals surface area contributed by atoms with Crippen molar-refractivity contribution in [1.82, 2.24) is 0 Å². The van der Waals surface area contributed by atoms with Gasteiger partial charge in [0.15, 0.2) is 0 Å². The van der Waals surface area contributed by atoms with Gasteiger partial charge in [0.05, 0.1) is 5.69 Å². The topological polar surface area (TPSA) is 80.0 Å². The third-order valence-corrected chi connectivity index (χ3v) is 5.93. The van der Waals surface area contributed by atoms with E-state index in [0.717, 1.165) is 36.6 Å². The number of hydrogen-bond donors (Lipinski definition) is 2. The van der Waals surface area contributed by atoms with Crippen LogP contribution < -0.4 is 16.4 Å². The largest absolute Gasteiger partial charge is 0.369 e. The minimum absolute atomic E-state index is 0.159. The summed E-state index contributed by atoms with van der Waals surface area (Å²) in [5.41, 5.74) is 11.6. The van der Waals surface area contributed by atoms with Gasteiger partial charge in [-0.2, -0.15) is 4.99 Å². The average Bonchev–Trinajstić information content (AvgIpc) is 2.44. The SMILES string of the molecule is NC1=NC2(CCCCC2)N(c2cc(Br)c(Br)cc2F)C(N)=N1. The molecule has 5 nitrogen and oxygen atoms in total. The van der Waals surface area contributed by atoms with E-state index in [2.05, 4.69) is 41.8 Å². The summed E-state index contributed by atoms with van der Waals surface area (Å²) in [5.74, 6) is -0.0383. The summed E-state index contributed by atoms with van der Waals surface area (Å²) in [6.45, 7) is 0. The molecule has 1 heterocycles. The van der Waals surface area contributed by atoms with E-state index < -0.39 is 5.66 Å². The highest BCUT2D eigenvalue weighted by Gasteiger charge is 2.43. The van der Waals surface area contributed by atoms with Gasteiger partial charge in [0.1, 0.15) is 11.5 Å². The summed E-state index contributed by atoms with van der Waals surface area (Å²) in [6.07, 6.45) is 4.68. The first-order valence-electron chi connectivity index (χ1n) is 7.07. The fourth-order valence-corrected chi connectivity index (χ4v) is 3.80. The third-order valence-electron chi connectivity index (χ3n) is 4.08. The van der Waals surface area contributed by atoms with Crippen LogP contribution in [0.1, 0.15) is 32.1 Å². The number of nitrogens with two attached hydrogens (primary N) is 2. The Morgan fingerprint density at radius 2 is 1.73 bits per heavy atom. The summed E-state index contributed by atoms with van der Waals surface area (Å²) < 4.78 is 15.9. The molecular weight excluding hydrogens is 417 g/mol. The van der Waals surface area contributed by atoms with Gasteiger partial charge in [0.25, 0.3) is 0 Å². The monoisotopic (exact) mass is 431 g/mol. The maximum Gasteiger partial charge on any atom is 0.220 e. The van der Waals surface area contributed by atoms with Crippen molar-refractivity contribution in [2.45, 2.75) is 37.8 Å². The Labute approximate surface area is 144 Å². The molecule has 0 atom stereocenters. The average molecular weight is 433 g/mol. The lowest BCUT2D eigenvalue weighted by Crippen LogP contribution is -2.58. The molecule has 0 amide bonds. The standard InChI is InChI=1S/C14H16Br2FN5/c15-8-6-10(17)11(7-9(8)16)22-13(19)20-12(18)21-14(22)4-2-1-3-5-14/h6-7H,1-5H2,(H4,18,19,20,21). The Balaban J connectivity index is 2.14. The van der Waals surface area contributed by atoms with Gasteiger partial charge >= 0.3 is 0 Å². The molecule has 1 aliphatic heterocycles. The molecule has 1 saturated carbocycles. The van der Waals surface area contributed by atoms with Crippen LogP contribution in [0.15, 0.2) is 31.1 Å². The fraction of sp³-hybridized carbons (Fsp3) is 0.429. The number of aliphatic imine (C=N–C) groups is 2. The quantitative estimate of drug-likeness (QED) is 0.666. The highest BCUT2D eigenvalue weighted by molar-refractivity contribution is 9.13. The van der Waals surface area contributed by atoms with Crippen molar-refractivity contribution in [3.8, 4) is 0 Å². The van der Waals surface area contributed by atoms with Crippen molar-refractivity contribution in [2.24, 2.45) is 21.5 Å². The van der Waals surface area contributed by atoms with Crippen molar-refractivity contribution < 1.29 is 4.39 Å². The lowest BCUT2D eigenvalue weighted by Gasteiger charge is -2.45. The van der Waals surface area contributed by atoms with Gasteiger partial charge in [-0.05, 0) is 69.7 Å². The first-order valence-corrected chi connectivity index (χ1v) is 8.66. The molecule has 1 aromatic rings. The summed E-state index contributed by atoms with van der Waals surface area (Å²) in [4.78, 5) is 10.3. The van der Waals surface area contributed by atoms with Gasteiger partial charge in [-0.3, -0.25) is 4.90 Å². The van der Waals surface area contributed by atoms with Crippen molar-refractivity contribution in [1.29, 1.82) is 0 Å². The van der Waals surface area contributed by atoms with Crippen LogP contribution in [-0.2, 0) is 0 Å². The summed E-state index contributed by atoms with van der Waals surface area (Å²) in [5, 5.41) is 0. The molecule has 1 aromatic carbocycles. The molecule has 1 aliphatic carbocycles. The van der Waals surface area contributed by atoms with Crippen LogP contribution in [-0.4, -0.2) is 17.6 Å². The van der Waals surface area contributed by atoms with Gasteiger partial charge in [0.2, 0.25) is 11.9 Å². The van der Waals surface area contributed by atoms with E-state index in [1.54, 1.807) is 11.0 Å². The predicted molar refractivity (Wildman–Crippen MR) is 93.3 cm³/mol. The number of guanidine groups is 2. The molecule has 0 bridgehead atoms. The van der Waals surface area contributed by atoms with E-state index in [9.17, 15) is 4.39 Å². The van der Waals surface area contributed by atoms with Crippen molar-refractivity contribution in [2.75, 3.05) is 4.90 Å². The minimum Gasteiger partial charge on any atom is -0.369 e. The second-order valence-corrected chi connectivity index (χ2v) is 7.24. The van der Waals surface area contributed by atoms with Gasteiger partial charge in [-0.25, -0.2) is 9.38 Å². The van der Waals surface area contributed by atoms with Crippen LogP contribution in [0.3, 0.4) is 0 Å². The van der Waals surface area contributed by atoms with E-state index >= 15 is 0 Å². The molecule has 0 aromatic heterocycles. The zero-order chi connectivity index (χ0) is 15.9. The first-order chi connectivity index (χ1) is 10.4. The Morgan fingerprint density at radius 1 is 1.09 bits per heavy atom. The molecule has 1 fully saturated rings. The summed E-state index contributed by atoms with van der Waals surface area (Å²) in [6, 6.07) is 3.10. The van der Waals surface area contributed by atoms with Crippen molar-refractivity contribution >= 4 is 49.5 Å². The Morgan fingerprint density at radius 3 is 2.41 bits per heavy atom. The van der Waals surface area contributed by atoms with Gasteiger partial charge in [-0.1, -0.05) is 6.42 Å². The lowest BCUT2D eigenvalue weighted by molar-refractivity contribution is 0.304. The molecule has 4 N–H and O–H groups in total. The van der Waals surface area contributed by atoms with Crippen LogP contribution in [0, 0.1) is 5.82 Å². The molecular formula is C14H16Br2FN5. The van der Waals surface area contributed by atoms with Crippen LogP contribution in [0.25, 0.3) is 0 Å². The zero-order valence-electron chi connectivity index (χ0n) is 11.8. The maximum absolute atomic E-state index is 14.5. The van der Waals surface area contributed by atoms with Crippen LogP contribution in [0.5, 0.6) is 0 Å². The molecule has 3 rings (SSSR count). The van der Waals surface area contributed by atoms with E-state index in [1.165, 1.54) is 6.07 Å². The van der Waals surface area contributed by atoms with Crippen LogP contribution in [0.2, 0.25) is 0 Å². The first kappa shape index (κ1) is 15.7. The third kappa shape index (κ3) is 2.62. The van der Waals surface area contributed by atoms with E-state index in [-0.39, 0.29) is 17.7 Å². The number of anilines is 1. The van der Waals surface area contributed by atoms with Crippen LogP contribution >= 0.6 is 31.9 Å². The van der Waals surface area contributed by atoms with Gasteiger partial charge in [0, 0.05) is 8.95 Å². The molecule has 0 radical (unpaired) electrons. The second kappa shape index (κ2) is 5.81. The smallest absolute Gasteiger partial charge is 0.220 e. The Kier molecular flexibility index (Phi) is 4.15. The second-order valence-electron chi connectivity index (χ2n) is 5.54. The lowest BCUT2D eigenvalue weighted by atomic mass is 9.87. The molecule has 0 unspecified atom stereocenters. The normalized spacial score (nSPS) is 20.8. The molecule has 118 valence electrons. The van der Waals surface area contributed by atoms with Gasteiger partial charge < -0.3 is 11.5 Å². The van der Waals surface area contributed by atoms with E-state index in [0.29, 0.717) is 10.2 Å². The zero-order valence-corrected chi connectivity index (χ0v) is 15.0. The summed E-state index contributed by atoms with van der Waals surface area (Å²) >= 11 is 6.71. The van der Waals surface area contributed by atoms with Crippen molar-refractivity contribution in [3.05, 3.63) is 26.9 Å². The van der Waals surface area contributed by atoms with Crippen LogP contribution in [0.4, 0.5) is 10.1 Å². The molecule has 2 aliphatic rings. The highest BCUT2D eigenvalue weighted by atomic mass is 79.9. The molecule has 0 saturated heterocycles. The maximum atomic E-state index is 14.5. The number of rotatable bonds is 1. The predicted octanol–water partition coefficient (Wildman–Crippen LogP) is 3.46. The molecule has 1 spiro atoms. The number of hydrogen-bond acceptors (Lipinski definition) is 5. The number of benzene rings is 1. The van der Waals surface area contributed by atoms with Crippen molar-refractivity contribution in [3.63, 3.8) is 0 Å². The molecule has 8 heteroatoms. The van der Waals surface area contributed by atoms with Gasteiger partial charge in [-0.15, -0.1) is 0 Å². The highest BCUT2D eigenvalue weighted by Crippen LogP contribution is 2.41. The number of nitrogens with zero attached hydrogens (tertiary/aromatic N) is 3. The molecule has 22 heavy (non-hydrogen) atoms.